The van der Waals surface area contributed by atoms with E-state index >= 15 is 0 Å². The third-order valence-corrected chi connectivity index (χ3v) is 6.35. The average molecular weight is 483 g/mol. The first kappa shape index (κ1) is 24.6. The number of ketones is 1. The summed E-state index contributed by atoms with van der Waals surface area (Å²) in [6.45, 7) is 3.64. The van der Waals surface area contributed by atoms with Gasteiger partial charge in [-0.15, -0.1) is 0 Å². The number of aliphatic hydroxyl groups is 1. The van der Waals surface area contributed by atoms with Gasteiger partial charge in [0.25, 0.3) is 11.7 Å². The number of nitrogens with zero attached hydrogens (tertiary/aromatic N) is 2. The van der Waals surface area contributed by atoms with Crippen molar-refractivity contribution in [3.63, 3.8) is 0 Å². The van der Waals surface area contributed by atoms with Crippen LogP contribution in [0, 0.1) is 0 Å². The molecule has 1 atom stereocenters. The fourth-order valence-corrected chi connectivity index (χ4v) is 4.54. The Kier molecular flexibility index (Phi) is 7.57. The van der Waals surface area contributed by atoms with Gasteiger partial charge in [0.05, 0.1) is 46.2 Å². The molecule has 2 aromatic rings. The van der Waals surface area contributed by atoms with Crippen LogP contribution in [0.1, 0.15) is 17.2 Å². The summed E-state index contributed by atoms with van der Waals surface area (Å²) in [5, 5.41) is 11.2. The SMILES string of the molecule is COc1cc(C2/C(=C(/O)c3ccccc3)C(=O)C(=O)N2CCN2CCOCC2)cc(OC)c1OC. The molecule has 1 amide bonds. The molecule has 9 heteroatoms. The quantitative estimate of drug-likeness (QED) is 0.348. The Labute approximate surface area is 204 Å². The van der Waals surface area contributed by atoms with Crippen molar-refractivity contribution in [1.29, 1.82) is 0 Å². The molecule has 1 unspecified atom stereocenters. The van der Waals surface area contributed by atoms with E-state index in [1.165, 1.54) is 26.2 Å². The molecule has 0 aliphatic carbocycles. The smallest absolute Gasteiger partial charge is 0.295 e. The van der Waals surface area contributed by atoms with Crippen LogP contribution in [0.2, 0.25) is 0 Å². The van der Waals surface area contributed by atoms with E-state index in [0.29, 0.717) is 54.7 Å². The van der Waals surface area contributed by atoms with Gasteiger partial charge in [-0.3, -0.25) is 14.5 Å². The number of benzene rings is 2. The molecular weight excluding hydrogens is 452 g/mol. The summed E-state index contributed by atoms with van der Waals surface area (Å²) in [5.41, 5.74) is 1.05. The number of rotatable bonds is 8. The van der Waals surface area contributed by atoms with Gasteiger partial charge in [-0.1, -0.05) is 30.3 Å². The molecule has 0 saturated carbocycles. The second-order valence-electron chi connectivity index (χ2n) is 8.27. The van der Waals surface area contributed by atoms with Crippen molar-refractivity contribution in [1.82, 2.24) is 9.80 Å². The van der Waals surface area contributed by atoms with E-state index in [0.717, 1.165) is 13.1 Å². The van der Waals surface area contributed by atoms with Crippen LogP contribution in [0.25, 0.3) is 5.76 Å². The fraction of sp³-hybridized carbons (Fsp3) is 0.385. The van der Waals surface area contributed by atoms with Crippen LogP contribution in [-0.2, 0) is 14.3 Å². The fourth-order valence-electron chi connectivity index (χ4n) is 4.54. The highest BCUT2D eigenvalue weighted by Crippen LogP contribution is 2.45. The van der Waals surface area contributed by atoms with Crippen molar-refractivity contribution >= 4 is 17.4 Å². The van der Waals surface area contributed by atoms with Gasteiger partial charge >= 0.3 is 0 Å². The first-order valence-corrected chi connectivity index (χ1v) is 11.4. The Hall–Kier alpha value is -3.56. The minimum atomic E-state index is -0.829. The standard InChI is InChI=1S/C26H30N2O7/c1-32-19-15-18(16-20(33-2)25(19)34-3)22-21(23(29)17-7-5-4-6-8-17)24(30)26(31)28(22)10-9-27-11-13-35-14-12-27/h4-8,15-16,22,29H,9-14H2,1-3H3/b23-21-. The third kappa shape index (κ3) is 4.82. The summed E-state index contributed by atoms with van der Waals surface area (Å²) in [7, 11) is 4.50. The molecule has 2 saturated heterocycles. The third-order valence-electron chi connectivity index (χ3n) is 6.35. The average Bonchev–Trinajstić information content (AvgIpc) is 3.16. The predicted octanol–water partition coefficient (Wildman–Crippen LogP) is 2.47. The van der Waals surface area contributed by atoms with Crippen molar-refractivity contribution in [3.8, 4) is 17.2 Å². The van der Waals surface area contributed by atoms with Gasteiger partial charge in [-0.25, -0.2) is 0 Å². The summed E-state index contributed by atoms with van der Waals surface area (Å²) >= 11 is 0. The predicted molar refractivity (Wildman–Crippen MR) is 129 cm³/mol. The molecule has 2 fully saturated rings. The number of Topliss-reactive ketones (excluding diaryl/α,β-unsaturated/α-hetero) is 1. The highest BCUT2D eigenvalue weighted by molar-refractivity contribution is 6.46. The molecule has 2 heterocycles. The first-order chi connectivity index (χ1) is 17.0. The molecule has 186 valence electrons. The summed E-state index contributed by atoms with van der Waals surface area (Å²) in [6.07, 6.45) is 0. The lowest BCUT2D eigenvalue weighted by molar-refractivity contribution is -0.140. The molecule has 0 spiro atoms. The number of ether oxygens (including phenoxy) is 4. The molecule has 9 nitrogen and oxygen atoms in total. The zero-order valence-corrected chi connectivity index (χ0v) is 20.2. The van der Waals surface area contributed by atoms with E-state index in [9.17, 15) is 14.7 Å². The van der Waals surface area contributed by atoms with Gasteiger partial charge in [-0.2, -0.15) is 0 Å². The second kappa shape index (κ2) is 10.8. The molecule has 2 aromatic carbocycles. The lowest BCUT2D eigenvalue weighted by atomic mass is 9.94. The Morgan fingerprint density at radius 3 is 2.17 bits per heavy atom. The number of hydrogen-bond donors (Lipinski definition) is 1. The van der Waals surface area contributed by atoms with E-state index < -0.39 is 17.7 Å². The zero-order chi connectivity index (χ0) is 24.9. The minimum absolute atomic E-state index is 0.0254. The van der Waals surface area contributed by atoms with Crippen LogP contribution in [0.15, 0.2) is 48.0 Å². The lowest BCUT2D eigenvalue weighted by Gasteiger charge is -2.31. The maximum atomic E-state index is 13.3. The molecule has 4 rings (SSSR count). The van der Waals surface area contributed by atoms with Gasteiger partial charge < -0.3 is 29.0 Å². The maximum Gasteiger partial charge on any atom is 0.295 e. The zero-order valence-electron chi connectivity index (χ0n) is 20.2. The van der Waals surface area contributed by atoms with Crippen molar-refractivity contribution in [2.75, 3.05) is 60.7 Å². The molecule has 1 N–H and O–H groups in total. The number of aliphatic hydroxyl groups excluding tert-OH is 1. The van der Waals surface area contributed by atoms with Crippen LogP contribution in [0.3, 0.4) is 0 Å². The number of methoxy groups -OCH3 is 3. The largest absolute Gasteiger partial charge is 0.507 e. The lowest BCUT2D eigenvalue weighted by Crippen LogP contribution is -2.42. The van der Waals surface area contributed by atoms with Crippen molar-refractivity contribution in [3.05, 3.63) is 59.2 Å². The van der Waals surface area contributed by atoms with E-state index in [1.54, 1.807) is 36.4 Å². The summed E-state index contributed by atoms with van der Waals surface area (Å²) in [6, 6.07) is 11.3. The van der Waals surface area contributed by atoms with Gasteiger partial charge in [0.1, 0.15) is 5.76 Å². The second-order valence-corrected chi connectivity index (χ2v) is 8.27. The maximum absolute atomic E-state index is 13.3. The molecular formula is C26H30N2O7. The van der Waals surface area contributed by atoms with Crippen LogP contribution >= 0.6 is 0 Å². The molecule has 0 radical (unpaired) electrons. The van der Waals surface area contributed by atoms with E-state index in [-0.39, 0.29) is 11.3 Å². The summed E-state index contributed by atoms with van der Waals surface area (Å²) in [5.74, 6) is -0.439. The Morgan fingerprint density at radius 1 is 0.971 bits per heavy atom. The van der Waals surface area contributed by atoms with Crippen molar-refractivity contribution in [2.45, 2.75) is 6.04 Å². The van der Waals surface area contributed by atoms with E-state index in [2.05, 4.69) is 4.90 Å². The number of hydrogen-bond acceptors (Lipinski definition) is 8. The molecule has 2 aliphatic heterocycles. The molecule has 0 aromatic heterocycles. The van der Waals surface area contributed by atoms with Crippen molar-refractivity contribution < 1.29 is 33.6 Å². The summed E-state index contributed by atoms with van der Waals surface area (Å²) in [4.78, 5) is 30.2. The van der Waals surface area contributed by atoms with Crippen LogP contribution in [-0.4, -0.2) is 87.3 Å². The van der Waals surface area contributed by atoms with Gasteiger partial charge in [0.15, 0.2) is 11.5 Å². The number of amides is 1. The highest BCUT2D eigenvalue weighted by atomic mass is 16.5. The van der Waals surface area contributed by atoms with E-state index in [1.807, 2.05) is 6.07 Å². The topological polar surface area (TPSA) is 97.8 Å². The first-order valence-electron chi connectivity index (χ1n) is 11.4. The number of morpholine rings is 1. The molecule has 2 aliphatic rings. The summed E-state index contributed by atoms with van der Waals surface area (Å²) < 4.78 is 21.9. The highest BCUT2D eigenvalue weighted by Gasteiger charge is 2.46. The van der Waals surface area contributed by atoms with Gasteiger partial charge in [0.2, 0.25) is 5.75 Å². The van der Waals surface area contributed by atoms with Gasteiger partial charge in [-0.05, 0) is 17.7 Å². The van der Waals surface area contributed by atoms with Crippen LogP contribution in [0.5, 0.6) is 17.2 Å². The van der Waals surface area contributed by atoms with Crippen LogP contribution in [0.4, 0.5) is 0 Å². The minimum Gasteiger partial charge on any atom is -0.507 e. The normalized spacial score (nSPS) is 20.2. The number of likely N-dealkylation sites (tertiary alicyclic amines) is 1. The van der Waals surface area contributed by atoms with Crippen LogP contribution < -0.4 is 14.2 Å². The molecule has 0 bridgehead atoms. The number of carbonyl (C=O) groups excluding carboxylic acids is 2. The Balaban J connectivity index is 1.82. The number of carbonyl (C=O) groups is 2. The Bertz CT molecular complexity index is 1080. The van der Waals surface area contributed by atoms with Gasteiger partial charge in [0, 0.05) is 31.7 Å². The van der Waals surface area contributed by atoms with E-state index in [4.69, 9.17) is 18.9 Å². The Morgan fingerprint density at radius 2 is 1.60 bits per heavy atom. The van der Waals surface area contributed by atoms with Crippen molar-refractivity contribution in [2.24, 2.45) is 0 Å². The monoisotopic (exact) mass is 482 g/mol. The molecule has 35 heavy (non-hydrogen) atoms.